The van der Waals surface area contributed by atoms with Gasteiger partial charge in [-0.3, -0.25) is 9.79 Å². The first kappa shape index (κ1) is 18.8. The second-order valence-corrected chi connectivity index (χ2v) is 8.01. The maximum absolute atomic E-state index is 12.5. The van der Waals surface area contributed by atoms with E-state index in [9.17, 15) is 4.79 Å². The third-order valence-electron chi connectivity index (χ3n) is 6.23. The fraction of sp³-hybridized carbons (Fsp3) is 0.455. The van der Waals surface area contributed by atoms with Crippen molar-refractivity contribution in [2.45, 2.75) is 18.3 Å². The van der Waals surface area contributed by atoms with E-state index in [2.05, 4.69) is 27.3 Å². The van der Waals surface area contributed by atoms with Crippen LogP contribution in [-0.4, -0.2) is 68.2 Å². The number of nitrogens with zero attached hydrogens (tertiary/aromatic N) is 3. The van der Waals surface area contributed by atoms with Gasteiger partial charge in [-0.05, 0) is 42.7 Å². The van der Waals surface area contributed by atoms with Gasteiger partial charge in [0, 0.05) is 45.2 Å². The van der Waals surface area contributed by atoms with Crippen molar-refractivity contribution in [3.8, 4) is 11.5 Å². The Bertz CT molecular complexity index is 944. The van der Waals surface area contributed by atoms with E-state index in [4.69, 9.17) is 13.9 Å². The van der Waals surface area contributed by atoms with Crippen molar-refractivity contribution in [1.29, 1.82) is 0 Å². The molecule has 158 valence electrons. The number of aliphatic imine (C=N–C) groups is 1. The molecule has 0 spiro atoms. The summed E-state index contributed by atoms with van der Waals surface area (Å²) in [6.07, 6.45) is 3.81. The number of hydrogen-bond acceptors (Lipinski definition) is 5. The molecule has 1 saturated carbocycles. The Hall–Kier alpha value is -3.16. The minimum Gasteiger partial charge on any atom is -0.459 e. The first-order valence-electron chi connectivity index (χ1n) is 10.4. The smallest absolute Gasteiger partial charge is 0.289 e. The normalized spacial score (nSPS) is 19.7. The highest BCUT2D eigenvalue weighted by atomic mass is 16.7. The second kappa shape index (κ2) is 7.59. The number of hydrogen-bond donors (Lipinski definition) is 1. The molecule has 2 aliphatic heterocycles. The van der Waals surface area contributed by atoms with E-state index < -0.39 is 0 Å². The number of guanidine groups is 1. The predicted octanol–water partition coefficient (Wildman–Crippen LogP) is 2.07. The number of amides is 1. The molecule has 1 aromatic heterocycles. The number of fused-ring (bicyclic) bond motifs is 1. The molecule has 0 atom stereocenters. The van der Waals surface area contributed by atoms with Gasteiger partial charge in [0.1, 0.15) is 0 Å². The van der Waals surface area contributed by atoms with Crippen molar-refractivity contribution < 1.29 is 18.7 Å². The van der Waals surface area contributed by atoms with Gasteiger partial charge in [0.15, 0.2) is 23.2 Å². The van der Waals surface area contributed by atoms with Crippen LogP contribution in [0, 0.1) is 0 Å². The van der Waals surface area contributed by atoms with Gasteiger partial charge in [0.2, 0.25) is 6.79 Å². The number of piperazine rings is 1. The van der Waals surface area contributed by atoms with Crippen molar-refractivity contribution in [3.63, 3.8) is 0 Å². The number of rotatable bonds is 4. The number of nitrogens with one attached hydrogen (secondary N) is 1. The molecule has 1 saturated heterocycles. The van der Waals surface area contributed by atoms with Crippen LogP contribution in [0.2, 0.25) is 0 Å². The summed E-state index contributed by atoms with van der Waals surface area (Å²) in [6.45, 7) is 3.89. The Labute approximate surface area is 175 Å². The summed E-state index contributed by atoms with van der Waals surface area (Å²) in [5.41, 5.74) is 1.40. The van der Waals surface area contributed by atoms with Gasteiger partial charge in [0.05, 0.1) is 6.26 Å². The molecule has 8 nitrogen and oxygen atoms in total. The zero-order valence-corrected chi connectivity index (χ0v) is 17.1. The molecule has 1 aliphatic carbocycles. The Kier molecular flexibility index (Phi) is 4.77. The molecule has 0 unspecified atom stereocenters. The average Bonchev–Trinajstić information content (AvgIpc) is 3.18. The third-order valence-corrected chi connectivity index (χ3v) is 6.23. The maximum Gasteiger partial charge on any atom is 0.289 e. The van der Waals surface area contributed by atoms with Crippen LogP contribution in [0.4, 0.5) is 0 Å². The van der Waals surface area contributed by atoms with Gasteiger partial charge in [-0.15, -0.1) is 0 Å². The summed E-state index contributed by atoms with van der Waals surface area (Å²) in [7, 11) is 1.81. The fourth-order valence-electron chi connectivity index (χ4n) is 4.20. The van der Waals surface area contributed by atoms with E-state index in [1.807, 2.05) is 18.0 Å². The molecule has 0 radical (unpaired) electrons. The number of carbonyl (C=O) groups is 1. The van der Waals surface area contributed by atoms with Crippen LogP contribution < -0.4 is 14.8 Å². The number of benzene rings is 1. The molecule has 2 fully saturated rings. The van der Waals surface area contributed by atoms with E-state index in [0.29, 0.717) is 25.6 Å². The first-order chi connectivity index (χ1) is 14.7. The van der Waals surface area contributed by atoms with Crippen molar-refractivity contribution in [1.82, 2.24) is 15.1 Å². The average molecular weight is 410 g/mol. The Balaban J connectivity index is 1.18. The molecule has 3 aliphatic rings. The largest absolute Gasteiger partial charge is 0.459 e. The SMILES string of the molecule is CN=C(NCC1(c2ccc3c(c2)OCO3)CC1)N1CCN(C(=O)c2ccco2)CC1. The number of ether oxygens (including phenoxy) is 2. The quantitative estimate of drug-likeness (QED) is 0.614. The Morgan fingerprint density at radius 2 is 1.87 bits per heavy atom. The van der Waals surface area contributed by atoms with Crippen molar-refractivity contribution in [3.05, 3.63) is 47.9 Å². The molecule has 1 aromatic carbocycles. The molecule has 8 heteroatoms. The second-order valence-electron chi connectivity index (χ2n) is 8.01. The van der Waals surface area contributed by atoms with Gasteiger partial charge in [-0.2, -0.15) is 0 Å². The summed E-state index contributed by atoms with van der Waals surface area (Å²) in [5.74, 6) is 2.88. The van der Waals surface area contributed by atoms with Crippen molar-refractivity contribution in [2.24, 2.45) is 4.99 Å². The summed E-state index contributed by atoms with van der Waals surface area (Å²) in [5, 5.41) is 3.56. The Morgan fingerprint density at radius 1 is 1.10 bits per heavy atom. The van der Waals surface area contributed by atoms with E-state index in [1.165, 1.54) is 11.8 Å². The van der Waals surface area contributed by atoms with Crippen LogP contribution in [0.15, 0.2) is 46.0 Å². The first-order valence-corrected chi connectivity index (χ1v) is 10.4. The summed E-state index contributed by atoms with van der Waals surface area (Å²) in [6, 6.07) is 9.70. The van der Waals surface area contributed by atoms with E-state index in [0.717, 1.165) is 49.9 Å². The van der Waals surface area contributed by atoms with Crippen molar-refractivity contribution >= 4 is 11.9 Å². The van der Waals surface area contributed by atoms with Gasteiger partial charge >= 0.3 is 0 Å². The van der Waals surface area contributed by atoms with Crippen LogP contribution in [0.1, 0.15) is 29.0 Å². The van der Waals surface area contributed by atoms with Crippen LogP contribution in [0.5, 0.6) is 11.5 Å². The van der Waals surface area contributed by atoms with Crippen LogP contribution >= 0.6 is 0 Å². The molecule has 2 aromatic rings. The van der Waals surface area contributed by atoms with Gasteiger partial charge in [-0.1, -0.05) is 6.07 Å². The molecule has 1 amide bonds. The standard InChI is InChI=1S/C22H26N4O4/c1-23-21(26-10-8-25(9-11-26)20(27)18-3-2-12-28-18)24-14-22(6-7-22)16-4-5-17-19(13-16)30-15-29-17/h2-5,12-13H,6-11,14-15H2,1H3,(H,23,24). The molecular formula is C22H26N4O4. The lowest BCUT2D eigenvalue weighted by molar-refractivity contribution is 0.0657. The number of furan rings is 1. The minimum absolute atomic E-state index is 0.0534. The Morgan fingerprint density at radius 3 is 2.57 bits per heavy atom. The highest BCUT2D eigenvalue weighted by Crippen LogP contribution is 2.49. The monoisotopic (exact) mass is 410 g/mol. The summed E-state index contributed by atoms with van der Waals surface area (Å²) in [4.78, 5) is 21.0. The van der Waals surface area contributed by atoms with Crippen molar-refractivity contribution in [2.75, 3.05) is 46.6 Å². The van der Waals surface area contributed by atoms with E-state index in [1.54, 1.807) is 12.1 Å². The third kappa shape index (κ3) is 3.46. The van der Waals surface area contributed by atoms with Gasteiger partial charge in [0.25, 0.3) is 5.91 Å². The fourth-order valence-corrected chi connectivity index (χ4v) is 4.20. The highest BCUT2D eigenvalue weighted by Gasteiger charge is 2.45. The van der Waals surface area contributed by atoms with Crippen LogP contribution in [0.25, 0.3) is 0 Å². The zero-order valence-electron chi connectivity index (χ0n) is 17.1. The summed E-state index contributed by atoms with van der Waals surface area (Å²) >= 11 is 0. The molecule has 3 heterocycles. The highest BCUT2D eigenvalue weighted by molar-refractivity contribution is 5.91. The molecular weight excluding hydrogens is 384 g/mol. The predicted molar refractivity (Wildman–Crippen MR) is 111 cm³/mol. The minimum atomic E-state index is -0.0534. The van der Waals surface area contributed by atoms with Crippen LogP contribution in [-0.2, 0) is 5.41 Å². The topological polar surface area (TPSA) is 79.5 Å². The van der Waals surface area contributed by atoms with Crippen LogP contribution in [0.3, 0.4) is 0 Å². The lowest BCUT2D eigenvalue weighted by atomic mass is 9.95. The molecule has 0 bridgehead atoms. The maximum atomic E-state index is 12.5. The zero-order chi connectivity index (χ0) is 20.6. The lowest BCUT2D eigenvalue weighted by Gasteiger charge is -2.36. The van der Waals surface area contributed by atoms with E-state index >= 15 is 0 Å². The van der Waals surface area contributed by atoms with Gasteiger partial charge in [-0.25, -0.2) is 0 Å². The van der Waals surface area contributed by atoms with E-state index in [-0.39, 0.29) is 11.3 Å². The lowest BCUT2D eigenvalue weighted by Crippen LogP contribution is -2.54. The van der Waals surface area contributed by atoms with Gasteiger partial charge < -0.3 is 29.0 Å². The molecule has 5 rings (SSSR count). The molecule has 30 heavy (non-hydrogen) atoms. The number of carbonyl (C=O) groups excluding carboxylic acids is 1. The molecule has 1 N–H and O–H groups in total. The summed E-state index contributed by atoms with van der Waals surface area (Å²) < 4.78 is 16.2.